The summed E-state index contributed by atoms with van der Waals surface area (Å²) in [6.07, 6.45) is 10.8. The van der Waals surface area contributed by atoms with E-state index in [4.69, 9.17) is 4.74 Å². The lowest BCUT2D eigenvalue weighted by molar-refractivity contribution is -0.141. The molecule has 2 atom stereocenters. The number of ether oxygens (including phenoxy) is 1. The maximum absolute atomic E-state index is 13.6. The van der Waals surface area contributed by atoms with Crippen LogP contribution in [0.25, 0.3) is 10.9 Å². The molecule has 1 aromatic carbocycles. The Bertz CT molecular complexity index is 1150. The second-order valence-electron chi connectivity index (χ2n) is 10.8. The maximum atomic E-state index is 13.6. The third-order valence-corrected chi connectivity index (χ3v) is 8.13. The van der Waals surface area contributed by atoms with E-state index in [-0.39, 0.29) is 30.1 Å². The van der Waals surface area contributed by atoms with Crippen molar-refractivity contribution in [2.24, 2.45) is 0 Å². The highest BCUT2D eigenvalue weighted by atomic mass is 16.5. The molecule has 1 saturated heterocycles. The fraction of sp³-hybridized carbons (Fsp3) is 0.655. The van der Waals surface area contributed by atoms with Gasteiger partial charge in [-0.25, -0.2) is 0 Å². The number of benzene rings is 1. The number of hydrogen-bond donors (Lipinski definition) is 0. The van der Waals surface area contributed by atoms with Crippen LogP contribution in [0.4, 0.5) is 0 Å². The lowest BCUT2D eigenvalue weighted by Crippen LogP contribution is -2.47. The molecule has 7 nitrogen and oxygen atoms in total. The first-order valence-electron chi connectivity index (χ1n) is 14.0. The van der Waals surface area contributed by atoms with Crippen molar-refractivity contribution in [2.45, 2.75) is 109 Å². The molecule has 0 unspecified atom stereocenters. The molecule has 0 spiro atoms. The topological polar surface area (TPSA) is 81.5 Å². The molecule has 2 aliphatic heterocycles. The standard InChI is InChI=1S/C29H39N3O4/c1-3-24(34)29-25-13-14-31(29)26(35)18-32-28-21(10-8-6-4-5-7-9-15-36-25)16-22(20-11-12-20)17-23(28)27(30-32)19(2)33/h16-17,20,25,29H,3-15,18H2,1-2H3/t25-,29-/m1/s1. The number of aromatic nitrogens is 2. The van der Waals surface area contributed by atoms with Crippen LogP contribution < -0.4 is 0 Å². The van der Waals surface area contributed by atoms with Crippen molar-refractivity contribution in [3.63, 3.8) is 0 Å². The molecule has 194 valence electrons. The molecule has 3 heterocycles. The predicted octanol–water partition coefficient (Wildman–Crippen LogP) is 4.98. The van der Waals surface area contributed by atoms with Gasteiger partial charge in [-0.05, 0) is 61.6 Å². The van der Waals surface area contributed by atoms with E-state index in [2.05, 4.69) is 17.2 Å². The van der Waals surface area contributed by atoms with Crippen LogP contribution in [0.1, 0.15) is 106 Å². The number of aryl methyl sites for hydroxylation is 1. The normalized spacial score (nSPS) is 24.2. The van der Waals surface area contributed by atoms with Crippen LogP contribution in [0.5, 0.6) is 0 Å². The average molecular weight is 494 g/mol. The molecule has 0 radical (unpaired) electrons. The zero-order valence-corrected chi connectivity index (χ0v) is 21.8. The van der Waals surface area contributed by atoms with E-state index in [1.807, 2.05) is 6.92 Å². The van der Waals surface area contributed by atoms with Gasteiger partial charge in [0.05, 0.1) is 11.6 Å². The van der Waals surface area contributed by atoms with Gasteiger partial charge in [-0.3, -0.25) is 19.1 Å². The van der Waals surface area contributed by atoms with Crippen LogP contribution in [0.2, 0.25) is 0 Å². The summed E-state index contributed by atoms with van der Waals surface area (Å²) in [5.74, 6) is 0.407. The van der Waals surface area contributed by atoms with Crippen molar-refractivity contribution in [3.8, 4) is 0 Å². The Labute approximate surface area is 213 Å². The van der Waals surface area contributed by atoms with Gasteiger partial charge in [0.2, 0.25) is 5.91 Å². The van der Waals surface area contributed by atoms with Crippen LogP contribution >= 0.6 is 0 Å². The van der Waals surface area contributed by atoms with E-state index >= 15 is 0 Å². The third kappa shape index (κ3) is 5.13. The van der Waals surface area contributed by atoms with E-state index in [0.717, 1.165) is 43.0 Å². The van der Waals surface area contributed by atoms with Gasteiger partial charge in [-0.1, -0.05) is 38.7 Å². The van der Waals surface area contributed by atoms with E-state index in [1.165, 1.54) is 36.8 Å². The highest BCUT2D eigenvalue weighted by Crippen LogP contribution is 2.42. The molecule has 1 aliphatic carbocycles. The summed E-state index contributed by atoms with van der Waals surface area (Å²) in [5, 5.41) is 5.56. The maximum Gasteiger partial charge on any atom is 0.245 e. The fourth-order valence-corrected chi connectivity index (χ4v) is 6.03. The summed E-state index contributed by atoms with van der Waals surface area (Å²) in [6, 6.07) is 3.89. The number of nitrogens with zero attached hydrogens (tertiary/aromatic N) is 3. The van der Waals surface area contributed by atoms with Crippen molar-refractivity contribution < 1.29 is 19.1 Å². The minimum atomic E-state index is -0.534. The molecule has 2 fully saturated rings. The number of rotatable bonds is 4. The first-order valence-corrected chi connectivity index (χ1v) is 14.0. The third-order valence-electron chi connectivity index (χ3n) is 8.13. The number of hydrogen-bond acceptors (Lipinski definition) is 5. The Kier molecular flexibility index (Phi) is 7.56. The Hall–Kier alpha value is -2.54. The second-order valence-corrected chi connectivity index (χ2v) is 10.8. The lowest BCUT2D eigenvalue weighted by atomic mass is 9.97. The van der Waals surface area contributed by atoms with Crippen LogP contribution in [-0.4, -0.2) is 57.5 Å². The van der Waals surface area contributed by atoms with E-state index in [1.54, 1.807) is 16.5 Å². The average Bonchev–Trinajstić information content (AvgIpc) is 3.53. The minimum absolute atomic E-state index is 0.0275. The van der Waals surface area contributed by atoms with Gasteiger partial charge in [0, 0.05) is 31.9 Å². The largest absolute Gasteiger partial charge is 0.376 e. The molecule has 3 aliphatic rings. The SMILES string of the molecule is CCC(=O)[C@@H]1[C@H]2CCN1C(=O)Cn1nc(C(C)=O)c3cc(C4CC4)cc(c31)CCCCCCCCO2. The van der Waals surface area contributed by atoms with E-state index < -0.39 is 6.04 Å². The Morgan fingerprint density at radius 3 is 2.53 bits per heavy atom. The van der Waals surface area contributed by atoms with Gasteiger partial charge in [0.15, 0.2) is 11.6 Å². The molecular weight excluding hydrogens is 454 g/mol. The van der Waals surface area contributed by atoms with E-state index in [9.17, 15) is 14.4 Å². The number of amides is 1. The molecule has 2 aromatic rings. The summed E-state index contributed by atoms with van der Waals surface area (Å²) in [5.41, 5.74) is 3.84. The highest BCUT2D eigenvalue weighted by molar-refractivity contribution is 6.06. The summed E-state index contributed by atoms with van der Waals surface area (Å²) < 4.78 is 7.89. The smallest absolute Gasteiger partial charge is 0.245 e. The molecule has 1 amide bonds. The van der Waals surface area contributed by atoms with Gasteiger partial charge in [-0.2, -0.15) is 5.10 Å². The van der Waals surface area contributed by atoms with Crippen molar-refractivity contribution in [2.75, 3.05) is 13.2 Å². The first kappa shape index (κ1) is 25.1. The molecule has 2 bridgehead atoms. The Morgan fingerprint density at radius 2 is 1.81 bits per heavy atom. The monoisotopic (exact) mass is 493 g/mol. The quantitative estimate of drug-likeness (QED) is 0.561. The molecule has 0 N–H and O–H groups in total. The van der Waals surface area contributed by atoms with Crippen LogP contribution in [0.15, 0.2) is 12.1 Å². The van der Waals surface area contributed by atoms with Crippen molar-refractivity contribution >= 4 is 28.4 Å². The van der Waals surface area contributed by atoms with Gasteiger partial charge in [-0.15, -0.1) is 0 Å². The van der Waals surface area contributed by atoms with Crippen LogP contribution in [-0.2, 0) is 27.3 Å². The minimum Gasteiger partial charge on any atom is -0.376 e. The molecule has 7 heteroatoms. The molecule has 1 saturated carbocycles. The molecule has 1 aromatic heterocycles. The van der Waals surface area contributed by atoms with E-state index in [0.29, 0.717) is 37.6 Å². The molecule has 5 rings (SSSR count). The van der Waals surface area contributed by atoms with Crippen molar-refractivity contribution in [1.29, 1.82) is 0 Å². The van der Waals surface area contributed by atoms with Gasteiger partial charge < -0.3 is 9.64 Å². The lowest BCUT2D eigenvalue weighted by Gasteiger charge is -2.27. The van der Waals surface area contributed by atoms with Gasteiger partial charge in [0.1, 0.15) is 18.3 Å². The number of fused-ring (bicyclic) bond motifs is 2. The Morgan fingerprint density at radius 1 is 1.06 bits per heavy atom. The second kappa shape index (κ2) is 10.8. The fourth-order valence-electron chi connectivity index (χ4n) is 6.03. The zero-order chi connectivity index (χ0) is 25.2. The first-order chi connectivity index (χ1) is 17.5. The number of carbonyl (C=O) groups is 3. The summed E-state index contributed by atoms with van der Waals surface area (Å²) in [4.78, 5) is 40.8. The number of ketones is 2. The molecule has 36 heavy (non-hydrogen) atoms. The Balaban J connectivity index is 1.55. The van der Waals surface area contributed by atoms with Crippen molar-refractivity contribution in [1.82, 2.24) is 14.7 Å². The van der Waals surface area contributed by atoms with Crippen LogP contribution in [0, 0.1) is 0 Å². The van der Waals surface area contributed by atoms with Gasteiger partial charge >= 0.3 is 0 Å². The van der Waals surface area contributed by atoms with Crippen LogP contribution in [0.3, 0.4) is 0 Å². The highest BCUT2D eigenvalue weighted by Gasteiger charge is 2.41. The zero-order valence-electron chi connectivity index (χ0n) is 21.8. The van der Waals surface area contributed by atoms with Crippen molar-refractivity contribution in [3.05, 3.63) is 29.0 Å². The summed E-state index contributed by atoms with van der Waals surface area (Å²) in [7, 11) is 0. The van der Waals surface area contributed by atoms with Gasteiger partial charge in [0.25, 0.3) is 0 Å². The number of carbonyl (C=O) groups excluding carboxylic acids is 3. The number of Topliss-reactive ketones (excluding diaryl/α,β-unsaturated/α-hetero) is 2. The summed E-state index contributed by atoms with van der Waals surface area (Å²) in [6.45, 7) is 4.57. The summed E-state index contributed by atoms with van der Waals surface area (Å²) >= 11 is 0. The molecular formula is C29H39N3O4. The predicted molar refractivity (Wildman–Crippen MR) is 138 cm³/mol.